The fourth-order valence-electron chi connectivity index (χ4n) is 3.92. The molecule has 0 aliphatic carbocycles. The summed E-state index contributed by atoms with van der Waals surface area (Å²) in [7, 11) is 0. The average Bonchev–Trinajstić information content (AvgIpc) is 3.37. The Morgan fingerprint density at radius 1 is 1.18 bits per heavy atom. The topological polar surface area (TPSA) is 161 Å². The second-order valence-corrected chi connectivity index (χ2v) is 8.78. The van der Waals surface area contributed by atoms with Crippen molar-refractivity contribution >= 4 is 40.3 Å². The third-order valence-electron chi connectivity index (χ3n) is 5.83. The summed E-state index contributed by atoms with van der Waals surface area (Å²) < 4.78 is 67.0. The number of aliphatic imine (C=N–C) groups is 1. The molecular weight excluding hydrogens is 545 g/mol. The first-order valence-electron chi connectivity index (χ1n) is 11.7. The van der Waals surface area contributed by atoms with Crippen molar-refractivity contribution in [3.63, 3.8) is 0 Å². The highest BCUT2D eigenvalue weighted by atomic mass is 19.4. The minimum absolute atomic E-state index is 0.0446. The van der Waals surface area contributed by atoms with Crippen LogP contribution in [0.1, 0.15) is 33.9 Å². The summed E-state index contributed by atoms with van der Waals surface area (Å²) in [6, 6.07) is 2.68. The van der Waals surface area contributed by atoms with Gasteiger partial charge in [0.25, 0.3) is 5.91 Å². The number of fused-ring (bicyclic) bond motifs is 1. The molecule has 1 aromatic heterocycles. The number of hydrogen-bond acceptors (Lipinski definition) is 7. The maximum Gasteiger partial charge on any atom is 0.416 e. The van der Waals surface area contributed by atoms with Crippen LogP contribution in [-0.2, 0) is 15.8 Å². The van der Waals surface area contributed by atoms with Gasteiger partial charge < -0.3 is 26.4 Å². The van der Waals surface area contributed by atoms with Crippen LogP contribution in [0, 0.1) is 5.82 Å². The summed E-state index contributed by atoms with van der Waals surface area (Å²) >= 11 is 0. The zero-order chi connectivity index (χ0) is 29.0. The van der Waals surface area contributed by atoms with Crippen molar-refractivity contribution in [2.24, 2.45) is 4.99 Å². The first-order valence-corrected chi connectivity index (χ1v) is 11.7. The molecule has 6 N–H and O–H groups in total. The molecule has 40 heavy (non-hydrogen) atoms. The van der Waals surface area contributed by atoms with Crippen molar-refractivity contribution in [3.05, 3.63) is 59.0 Å². The number of benzene rings is 2. The van der Waals surface area contributed by atoms with E-state index in [0.717, 1.165) is 0 Å². The third kappa shape index (κ3) is 6.81. The van der Waals surface area contributed by atoms with Gasteiger partial charge in [-0.2, -0.15) is 18.3 Å². The lowest BCUT2D eigenvalue weighted by Gasteiger charge is -2.20. The van der Waals surface area contributed by atoms with Gasteiger partial charge in [0.2, 0.25) is 5.91 Å². The summed E-state index contributed by atoms with van der Waals surface area (Å²) in [5.41, 5.74) is -0.986. The van der Waals surface area contributed by atoms with Gasteiger partial charge in [0.05, 0.1) is 55.1 Å². The number of hydrogen-bond donors (Lipinski definition) is 6. The van der Waals surface area contributed by atoms with E-state index in [1.807, 2.05) is 0 Å². The van der Waals surface area contributed by atoms with E-state index in [1.165, 1.54) is 18.3 Å². The standard InChI is InChI=1S/C24H22F5N7O4/c25-13-7-31-23(32-8-13)35-17-3-11(4-19-15(17)9-33-36-19)22(40)30-10-20(37)34-18(6-21(38)39)14-5-12(24(27,28)29)1-2-16(14)26/h1-5,9,13,18H,6-8,10H2,(H,30,40)(H,33,36)(H,34,37)(H,38,39)(H2,31,32,35). The highest BCUT2D eigenvalue weighted by Gasteiger charge is 2.33. The van der Waals surface area contributed by atoms with Crippen LogP contribution >= 0.6 is 0 Å². The number of amides is 2. The molecule has 0 radical (unpaired) electrons. The number of carbonyl (C=O) groups excluding carboxylic acids is 2. The molecular formula is C24H22F5N7O4. The Balaban J connectivity index is 1.47. The van der Waals surface area contributed by atoms with E-state index in [9.17, 15) is 36.3 Å². The van der Waals surface area contributed by atoms with E-state index in [1.54, 1.807) is 0 Å². The van der Waals surface area contributed by atoms with Gasteiger partial charge in [-0.25, -0.2) is 13.8 Å². The Kier molecular flexibility index (Phi) is 8.16. The van der Waals surface area contributed by atoms with Gasteiger partial charge in [-0.05, 0) is 30.3 Å². The predicted octanol–water partition coefficient (Wildman–Crippen LogP) is 2.49. The Hall–Kier alpha value is -4.76. The first kappa shape index (κ1) is 28.3. The normalized spacial score (nSPS) is 16.0. The number of carbonyl (C=O) groups is 3. The molecule has 11 nitrogen and oxygen atoms in total. The van der Waals surface area contributed by atoms with E-state index in [2.05, 4.69) is 36.5 Å². The van der Waals surface area contributed by atoms with Crippen LogP contribution in [0.25, 0.3) is 10.9 Å². The lowest BCUT2D eigenvalue weighted by atomic mass is 10.00. The summed E-state index contributed by atoms with van der Waals surface area (Å²) in [6.07, 6.45) is -5.39. The smallest absolute Gasteiger partial charge is 0.416 e. The number of H-pyrrole nitrogens is 1. The monoisotopic (exact) mass is 567 g/mol. The van der Waals surface area contributed by atoms with E-state index >= 15 is 0 Å². The first-order chi connectivity index (χ1) is 18.9. The highest BCUT2D eigenvalue weighted by Crippen LogP contribution is 2.32. The van der Waals surface area contributed by atoms with Crippen molar-refractivity contribution in [2.75, 3.05) is 25.0 Å². The van der Waals surface area contributed by atoms with Crippen LogP contribution < -0.4 is 21.3 Å². The number of aliphatic carboxylic acids is 1. The molecule has 1 aliphatic heterocycles. The SMILES string of the molecule is O=C(O)CC(NC(=O)CNC(=O)c1cc(NC2=NCC(F)CN2)c2cn[nH]c2c1)c1cc(C(F)(F)F)ccc1F. The number of nitrogens with one attached hydrogen (secondary N) is 5. The highest BCUT2D eigenvalue weighted by molar-refractivity contribution is 6.07. The second kappa shape index (κ2) is 11.5. The van der Waals surface area contributed by atoms with E-state index in [-0.39, 0.29) is 24.6 Å². The minimum Gasteiger partial charge on any atom is -0.481 e. The van der Waals surface area contributed by atoms with Crippen LogP contribution in [0.4, 0.5) is 27.6 Å². The van der Waals surface area contributed by atoms with Crippen LogP contribution in [0.2, 0.25) is 0 Å². The van der Waals surface area contributed by atoms with Crippen molar-refractivity contribution in [2.45, 2.75) is 24.8 Å². The van der Waals surface area contributed by atoms with Crippen LogP contribution in [0.5, 0.6) is 0 Å². The van der Waals surface area contributed by atoms with Gasteiger partial charge in [0, 0.05) is 16.5 Å². The van der Waals surface area contributed by atoms with E-state index in [0.29, 0.717) is 34.8 Å². The van der Waals surface area contributed by atoms with Crippen LogP contribution in [-0.4, -0.2) is 64.9 Å². The number of carboxylic acid groups (broad SMARTS) is 1. The Morgan fingerprint density at radius 2 is 1.95 bits per heavy atom. The molecule has 1 aliphatic rings. The quantitative estimate of drug-likeness (QED) is 0.228. The molecule has 2 heterocycles. The number of guanidine groups is 1. The number of aromatic amines is 1. The second-order valence-electron chi connectivity index (χ2n) is 8.78. The van der Waals surface area contributed by atoms with E-state index < -0.39 is 66.1 Å². The van der Waals surface area contributed by atoms with Gasteiger partial charge in [0.15, 0.2) is 5.96 Å². The molecule has 2 atom stereocenters. The molecule has 2 amide bonds. The predicted molar refractivity (Wildman–Crippen MR) is 132 cm³/mol. The molecule has 0 saturated heterocycles. The summed E-state index contributed by atoms with van der Waals surface area (Å²) in [5, 5.41) is 26.6. The largest absolute Gasteiger partial charge is 0.481 e. The Morgan fingerprint density at radius 3 is 2.62 bits per heavy atom. The molecule has 2 aromatic carbocycles. The van der Waals surface area contributed by atoms with Crippen molar-refractivity contribution in [3.8, 4) is 0 Å². The van der Waals surface area contributed by atoms with Crippen molar-refractivity contribution < 1.29 is 41.4 Å². The van der Waals surface area contributed by atoms with Crippen molar-refractivity contribution in [1.82, 2.24) is 26.1 Å². The molecule has 3 aromatic rings. The molecule has 4 rings (SSSR count). The lowest BCUT2D eigenvalue weighted by molar-refractivity contribution is -0.138. The lowest BCUT2D eigenvalue weighted by Crippen LogP contribution is -2.41. The van der Waals surface area contributed by atoms with Gasteiger partial charge in [-0.3, -0.25) is 19.5 Å². The van der Waals surface area contributed by atoms with E-state index in [4.69, 9.17) is 5.11 Å². The fraction of sp³-hybridized carbons (Fsp3) is 0.292. The molecule has 0 fully saturated rings. The van der Waals surface area contributed by atoms with Gasteiger partial charge in [-0.1, -0.05) is 0 Å². The minimum atomic E-state index is -4.83. The molecule has 16 heteroatoms. The maximum absolute atomic E-state index is 14.3. The van der Waals surface area contributed by atoms with Crippen molar-refractivity contribution in [1.29, 1.82) is 0 Å². The third-order valence-corrected chi connectivity index (χ3v) is 5.83. The maximum atomic E-state index is 14.3. The molecule has 212 valence electrons. The zero-order valence-electron chi connectivity index (χ0n) is 20.4. The summed E-state index contributed by atoms with van der Waals surface area (Å²) in [5.74, 6) is -4.08. The molecule has 0 spiro atoms. The number of halogens is 5. The average molecular weight is 567 g/mol. The van der Waals surface area contributed by atoms with Crippen LogP contribution in [0.15, 0.2) is 41.5 Å². The summed E-state index contributed by atoms with van der Waals surface area (Å²) in [6.45, 7) is -0.708. The summed E-state index contributed by atoms with van der Waals surface area (Å²) in [4.78, 5) is 40.6. The molecule has 2 unspecified atom stereocenters. The number of nitrogens with zero attached hydrogens (tertiary/aromatic N) is 2. The number of rotatable bonds is 8. The fourth-order valence-corrected chi connectivity index (χ4v) is 3.92. The zero-order valence-corrected chi connectivity index (χ0v) is 20.4. The number of anilines is 1. The number of alkyl halides is 4. The Bertz CT molecular complexity index is 1470. The van der Waals surface area contributed by atoms with Gasteiger partial charge in [-0.15, -0.1) is 0 Å². The number of aromatic nitrogens is 2. The Labute approximate surface area is 222 Å². The van der Waals surface area contributed by atoms with Crippen LogP contribution in [0.3, 0.4) is 0 Å². The van der Waals surface area contributed by atoms with Gasteiger partial charge in [0.1, 0.15) is 12.0 Å². The molecule has 0 saturated carbocycles. The van der Waals surface area contributed by atoms with Gasteiger partial charge >= 0.3 is 12.1 Å². The molecule has 0 bridgehead atoms. The number of carboxylic acids is 1.